The number of hydrogen-bond donors (Lipinski definition) is 2. The summed E-state index contributed by atoms with van der Waals surface area (Å²) in [5.74, 6) is -0.0000228. The molecule has 0 radical (unpaired) electrons. The number of benzene rings is 1. The molecular formula is C24H27BrN4O2. The number of H-pyrrole nitrogens is 1. The number of fused-ring (bicyclic) bond motifs is 2. The predicted octanol–water partition coefficient (Wildman–Crippen LogP) is 4.06. The van der Waals surface area contributed by atoms with Crippen molar-refractivity contribution >= 4 is 45.1 Å². The van der Waals surface area contributed by atoms with E-state index in [0.717, 1.165) is 83.8 Å². The van der Waals surface area contributed by atoms with E-state index in [2.05, 4.69) is 31.1 Å². The van der Waals surface area contributed by atoms with Gasteiger partial charge in [0.2, 0.25) is 0 Å². The first kappa shape index (κ1) is 20.5. The lowest BCUT2D eigenvalue weighted by Gasteiger charge is -2.24. The zero-order valence-electron chi connectivity index (χ0n) is 17.8. The van der Waals surface area contributed by atoms with Crippen LogP contribution >= 0.6 is 15.9 Å². The van der Waals surface area contributed by atoms with Crippen LogP contribution in [-0.2, 0) is 11.2 Å². The van der Waals surface area contributed by atoms with Crippen molar-refractivity contribution in [3.63, 3.8) is 0 Å². The molecule has 2 amide bonds. The first-order chi connectivity index (χ1) is 15.0. The topological polar surface area (TPSA) is 68.4 Å². The van der Waals surface area contributed by atoms with Gasteiger partial charge in [-0.05, 0) is 75.5 Å². The highest BCUT2D eigenvalue weighted by Gasteiger charge is 2.29. The van der Waals surface area contributed by atoms with E-state index in [1.807, 2.05) is 36.1 Å². The zero-order chi connectivity index (χ0) is 21.5. The van der Waals surface area contributed by atoms with Gasteiger partial charge >= 0.3 is 0 Å². The molecule has 1 fully saturated rings. The molecule has 6 nitrogen and oxygen atoms in total. The van der Waals surface area contributed by atoms with E-state index in [9.17, 15) is 9.59 Å². The summed E-state index contributed by atoms with van der Waals surface area (Å²) in [6, 6.07) is 5.77. The molecule has 5 rings (SSSR count). The molecule has 0 spiro atoms. The van der Waals surface area contributed by atoms with Gasteiger partial charge in [-0.25, -0.2) is 0 Å². The number of carbonyl (C=O) groups excluding carboxylic acids is 2. The fraction of sp³-hybridized carbons (Fsp3) is 0.417. The number of likely N-dealkylation sites (tertiary alicyclic amines) is 1. The van der Waals surface area contributed by atoms with Crippen molar-refractivity contribution in [3.8, 4) is 0 Å². The minimum absolute atomic E-state index is 0.115. The third-order valence-electron chi connectivity index (χ3n) is 6.66. The Morgan fingerprint density at radius 3 is 2.71 bits per heavy atom. The summed E-state index contributed by atoms with van der Waals surface area (Å²) in [6.07, 6.45) is 6.21. The Hall–Kier alpha value is -2.38. The molecule has 162 valence electrons. The highest BCUT2D eigenvalue weighted by molar-refractivity contribution is 9.10. The molecule has 3 aliphatic rings. The summed E-state index contributed by atoms with van der Waals surface area (Å²) in [7, 11) is 0. The van der Waals surface area contributed by atoms with Gasteiger partial charge in [0.15, 0.2) is 0 Å². The summed E-state index contributed by atoms with van der Waals surface area (Å²) in [5, 5.41) is 2.92. The summed E-state index contributed by atoms with van der Waals surface area (Å²) in [4.78, 5) is 33.9. The second-order valence-electron chi connectivity index (χ2n) is 8.66. The fourth-order valence-electron chi connectivity index (χ4n) is 4.94. The molecule has 0 saturated carbocycles. The van der Waals surface area contributed by atoms with Gasteiger partial charge in [-0.3, -0.25) is 9.59 Å². The van der Waals surface area contributed by atoms with Gasteiger partial charge in [0.25, 0.3) is 11.8 Å². The molecule has 2 N–H and O–H groups in total. The Morgan fingerprint density at radius 2 is 1.90 bits per heavy atom. The quantitative estimate of drug-likeness (QED) is 0.645. The van der Waals surface area contributed by atoms with Crippen molar-refractivity contribution < 1.29 is 9.59 Å². The van der Waals surface area contributed by atoms with Crippen LogP contribution in [0.3, 0.4) is 0 Å². The number of aromatic nitrogens is 1. The molecule has 0 bridgehead atoms. The average Bonchev–Trinajstić information content (AvgIpc) is 3.41. The summed E-state index contributed by atoms with van der Waals surface area (Å²) < 4.78 is 0.927. The molecule has 3 aliphatic heterocycles. The Labute approximate surface area is 190 Å². The number of aryl methyl sites for hydroxylation is 1. The first-order valence-electron chi connectivity index (χ1n) is 11.1. The van der Waals surface area contributed by atoms with Crippen molar-refractivity contribution in [1.82, 2.24) is 14.8 Å². The van der Waals surface area contributed by atoms with Crippen LogP contribution < -0.4 is 5.32 Å². The van der Waals surface area contributed by atoms with E-state index in [-0.39, 0.29) is 11.8 Å². The monoisotopic (exact) mass is 482 g/mol. The van der Waals surface area contributed by atoms with Gasteiger partial charge in [0, 0.05) is 46.7 Å². The lowest BCUT2D eigenvalue weighted by molar-refractivity contribution is -0.110. The van der Waals surface area contributed by atoms with Crippen LogP contribution in [0.15, 0.2) is 22.7 Å². The van der Waals surface area contributed by atoms with Crippen LogP contribution in [0.4, 0.5) is 5.69 Å². The van der Waals surface area contributed by atoms with Crippen LogP contribution in [0.25, 0.3) is 11.6 Å². The van der Waals surface area contributed by atoms with Crippen LogP contribution in [0.2, 0.25) is 0 Å². The van der Waals surface area contributed by atoms with Gasteiger partial charge in [-0.2, -0.15) is 0 Å². The Morgan fingerprint density at radius 1 is 1.10 bits per heavy atom. The maximum Gasteiger partial charge on any atom is 0.256 e. The smallest absolute Gasteiger partial charge is 0.256 e. The van der Waals surface area contributed by atoms with Crippen LogP contribution in [-0.4, -0.2) is 59.3 Å². The number of hydrogen-bond acceptors (Lipinski definition) is 3. The number of rotatable bonds is 4. The fourth-order valence-corrected chi connectivity index (χ4v) is 5.30. The average molecular weight is 483 g/mol. The predicted molar refractivity (Wildman–Crippen MR) is 126 cm³/mol. The molecule has 2 aromatic rings. The molecule has 4 heterocycles. The number of anilines is 1. The normalized spacial score (nSPS) is 20.2. The van der Waals surface area contributed by atoms with Crippen molar-refractivity contribution in [2.24, 2.45) is 0 Å². The Kier molecular flexibility index (Phi) is 5.48. The maximum absolute atomic E-state index is 13.4. The second-order valence-corrected chi connectivity index (χ2v) is 9.58. The molecular weight excluding hydrogens is 456 g/mol. The summed E-state index contributed by atoms with van der Waals surface area (Å²) in [6.45, 7) is 6.81. The highest BCUT2D eigenvalue weighted by Crippen LogP contribution is 2.36. The lowest BCUT2D eigenvalue weighted by atomic mass is 10.0. The SMILES string of the molecule is Cc1c(C=C2C(=O)Nc3ccc(Br)cc32)[nH]c2c1C(=O)N(CCN1CCCC1)CCC2. The molecule has 0 atom stereocenters. The number of aromatic amines is 1. The van der Waals surface area contributed by atoms with E-state index >= 15 is 0 Å². The molecule has 31 heavy (non-hydrogen) atoms. The van der Waals surface area contributed by atoms with Gasteiger partial charge in [0.05, 0.1) is 11.1 Å². The third kappa shape index (κ3) is 3.85. The van der Waals surface area contributed by atoms with E-state index < -0.39 is 0 Å². The van der Waals surface area contributed by atoms with Crippen molar-refractivity contribution in [3.05, 3.63) is 50.8 Å². The first-order valence-corrected chi connectivity index (χ1v) is 11.9. The number of halogens is 1. The highest BCUT2D eigenvalue weighted by atomic mass is 79.9. The molecule has 1 saturated heterocycles. The number of nitrogens with one attached hydrogen (secondary N) is 2. The number of nitrogens with zero attached hydrogens (tertiary/aromatic N) is 2. The summed E-state index contributed by atoms with van der Waals surface area (Å²) in [5.41, 5.74) is 5.87. The van der Waals surface area contributed by atoms with Gasteiger partial charge in [-0.15, -0.1) is 0 Å². The van der Waals surface area contributed by atoms with Gasteiger partial charge < -0.3 is 20.1 Å². The minimum atomic E-state index is -0.115. The molecule has 0 unspecified atom stereocenters. The molecule has 0 aliphatic carbocycles. The van der Waals surface area contributed by atoms with Gasteiger partial charge in [0.1, 0.15) is 0 Å². The number of amides is 2. The van der Waals surface area contributed by atoms with E-state index in [4.69, 9.17) is 0 Å². The Balaban J connectivity index is 1.44. The third-order valence-corrected chi connectivity index (χ3v) is 7.15. The van der Waals surface area contributed by atoms with E-state index in [0.29, 0.717) is 5.57 Å². The van der Waals surface area contributed by atoms with Crippen LogP contribution in [0.1, 0.15) is 52.1 Å². The van der Waals surface area contributed by atoms with Crippen molar-refractivity contribution in [1.29, 1.82) is 0 Å². The zero-order valence-corrected chi connectivity index (χ0v) is 19.3. The van der Waals surface area contributed by atoms with Crippen LogP contribution in [0.5, 0.6) is 0 Å². The van der Waals surface area contributed by atoms with Crippen molar-refractivity contribution in [2.45, 2.75) is 32.6 Å². The van der Waals surface area contributed by atoms with E-state index in [1.54, 1.807) is 0 Å². The van der Waals surface area contributed by atoms with Crippen molar-refractivity contribution in [2.75, 3.05) is 38.0 Å². The van der Waals surface area contributed by atoms with E-state index in [1.165, 1.54) is 12.8 Å². The molecule has 1 aromatic carbocycles. The second kappa shape index (κ2) is 8.28. The number of carbonyl (C=O) groups is 2. The summed E-state index contributed by atoms with van der Waals surface area (Å²) >= 11 is 3.49. The standard InChI is InChI=1S/C24H27BrN4O2/c1-15-21(14-18-17-13-16(25)6-7-19(17)27-23(18)30)26-20-5-4-10-29(24(31)22(15)20)12-11-28-8-2-3-9-28/h6-7,13-14,26H,2-5,8-12H2,1H3,(H,27,30). The maximum atomic E-state index is 13.4. The molecule has 1 aromatic heterocycles. The Bertz CT molecular complexity index is 1080. The largest absolute Gasteiger partial charge is 0.358 e. The van der Waals surface area contributed by atoms with Gasteiger partial charge in [-0.1, -0.05) is 15.9 Å². The van der Waals surface area contributed by atoms with Crippen LogP contribution in [0, 0.1) is 6.92 Å². The minimum Gasteiger partial charge on any atom is -0.358 e. The lowest BCUT2D eigenvalue weighted by Crippen LogP contribution is -2.38. The molecule has 7 heteroatoms.